The van der Waals surface area contributed by atoms with E-state index in [2.05, 4.69) is 55.5 Å². The largest absolute Gasteiger partial charge is 0.265 e. The minimum absolute atomic E-state index is 0.223. The van der Waals surface area contributed by atoms with E-state index in [1.54, 1.807) is 0 Å². The molecule has 0 aromatic heterocycles. The first-order valence-corrected chi connectivity index (χ1v) is 5.70. The molecule has 2 unspecified atom stereocenters. The second-order valence-electron chi connectivity index (χ2n) is 4.38. The van der Waals surface area contributed by atoms with Gasteiger partial charge in [0.25, 0.3) is 0 Å². The van der Waals surface area contributed by atoms with Gasteiger partial charge in [-0.2, -0.15) is 0 Å². The minimum Gasteiger partial charge on any atom is -0.265 e. The third-order valence-corrected chi connectivity index (χ3v) is 3.08. The number of fused-ring (bicyclic) bond motifs is 2. The fourth-order valence-electron chi connectivity index (χ4n) is 2.20. The van der Waals surface area contributed by atoms with Gasteiger partial charge < -0.3 is 0 Å². The maximum atomic E-state index is 5.89. The van der Waals surface area contributed by atoms with Gasteiger partial charge in [-0.1, -0.05) is 42.0 Å². The summed E-state index contributed by atoms with van der Waals surface area (Å²) in [4.78, 5) is 5.89. The molecule has 2 atom stereocenters. The van der Waals surface area contributed by atoms with Crippen LogP contribution in [0.3, 0.4) is 0 Å². The summed E-state index contributed by atoms with van der Waals surface area (Å²) in [5.41, 5.74) is 2.41. The number of anilines is 1. The van der Waals surface area contributed by atoms with Crippen LogP contribution in [0.2, 0.25) is 0 Å². The maximum Gasteiger partial charge on any atom is 0.106 e. The predicted octanol–water partition coefficient (Wildman–Crippen LogP) is 3.00. The first-order valence-electron chi connectivity index (χ1n) is 5.70. The lowest BCUT2D eigenvalue weighted by molar-refractivity contribution is 0.116. The van der Waals surface area contributed by atoms with E-state index in [1.165, 1.54) is 5.56 Å². The number of rotatable bonds is 1. The molecular weight excluding hydrogens is 198 g/mol. The molecule has 1 aromatic carbocycles. The number of allylic oxidation sites excluding steroid dienone is 2. The van der Waals surface area contributed by atoms with Crippen molar-refractivity contribution in [3.8, 4) is 0 Å². The Kier molecular flexibility index (Phi) is 2.29. The van der Waals surface area contributed by atoms with Gasteiger partial charge in [0.05, 0.1) is 11.7 Å². The quantitative estimate of drug-likeness (QED) is 0.711. The van der Waals surface area contributed by atoms with E-state index in [0.717, 1.165) is 12.1 Å². The van der Waals surface area contributed by atoms with Gasteiger partial charge in [0.1, 0.15) is 6.10 Å². The van der Waals surface area contributed by atoms with Gasteiger partial charge in [-0.25, -0.2) is 5.06 Å². The van der Waals surface area contributed by atoms with Crippen molar-refractivity contribution in [2.75, 3.05) is 5.06 Å². The zero-order valence-corrected chi connectivity index (χ0v) is 9.34. The van der Waals surface area contributed by atoms with Crippen LogP contribution in [0.4, 0.5) is 5.69 Å². The molecule has 0 amide bonds. The van der Waals surface area contributed by atoms with Crippen LogP contribution >= 0.6 is 0 Å². The smallest absolute Gasteiger partial charge is 0.106 e. The van der Waals surface area contributed by atoms with Gasteiger partial charge in [0.2, 0.25) is 0 Å². The van der Waals surface area contributed by atoms with Crippen molar-refractivity contribution in [3.63, 3.8) is 0 Å². The predicted molar refractivity (Wildman–Crippen MR) is 65.2 cm³/mol. The zero-order valence-electron chi connectivity index (χ0n) is 9.34. The van der Waals surface area contributed by atoms with Crippen molar-refractivity contribution in [2.45, 2.75) is 25.5 Å². The van der Waals surface area contributed by atoms with Crippen LogP contribution < -0.4 is 5.06 Å². The van der Waals surface area contributed by atoms with E-state index in [-0.39, 0.29) is 6.10 Å². The van der Waals surface area contributed by atoms with Gasteiger partial charge >= 0.3 is 0 Å². The Bertz CT molecular complexity index is 433. The highest BCUT2D eigenvalue weighted by molar-refractivity contribution is 5.48. The summed E-state index contributed by atoms with van der Waals surface area (Å²) in [6.45, 7) is 2.10. The summed E-state index contributed by atoms with van der Waals surface area (Å²) in [5.74, 6) is 0. The highest BCUT2D eigenvalue weighted by atomic mass is 16.7. The van der Waals surface area contributed by atoms with Crippen molar-refractivity contribution < 1.29 is 4.84 Å². The fraction of sp³-hybridized carbons (Fsp3) is 0.286. The maximum absolute atomic E-state index is 5.89. The molecule has 0 N–H and O–H groups in total. The topological polar surface area (TPSA) is 12.5 Å². The Morgan fingerprint density at radius 1 is 1.12 bits per heavy atom. The molecule has 1 aliphatic carbocycles. The summed E-state index contributed by atoms with van der Waals surface area (Å²) in [5, 5.41) is 2.02. The molecule has 82 valence electrons. The van der Waals surface area contributed by atoms with E-state index in [0.29, 0.717) is 6.04 Å². The number of nitrogens with zero attached hydrogens (tertiary/aromatic N) is 1. The zero-order chi connectivity index (χ0) is 11.0. The number of hydroxylamine groups is 1. The SMILES string of the molecule is Cc1ccc(N2OC3C=CC=CC2C3)cc1. The first-order chi connectivity index (χ1) is 7.83. The number of hydrogen-bond donors (Lipinski definition) is 0. The van der Waals surface area contributed by atoms with Gasteiger partial charge in [0.15, 0.2) is 0 Å². The normalized spacial score (nSPS) is 27.2. The molecule has 1 heterocycles. The monoisotopic (exact) mass is 213 g/mol. The van der Waals surface area contributed by atoms with Crippen molar-refractivity contribution in [2.24, 2.45) is 0 Å². The lowest BCUT2D eigenvalue weighted by atomic mass is 10.1. The highest BCUT2D eigenvalue weighted by Gasteiger charge is 2.31. The van der Waals surface area contributed by atoms with Crippen LogP contribution in [0.25, 0.3) is 0 Å². The molecule has 1 saturated heterocycles. The molecule has 2 bridgehead atoms. The molecule has 2 nitrogen and oxygen atoms in total. The molecule has 2 heteroatoms. The summed E-state index contributed by atoms with van der Waals surface area (Å²) < 4.78 is 0. The molecular formula is C14H15NO. The second kappa shape index (κ2) is 3.80. The van der Waals surface area contributed by atoms with Crippen molar-refractivity contribution in [1.82, 2.24) is 0 Å². The van der Waals surface area contributed by atoms with Crippen LogP contribution in [0.1, 0.15) is 12.0 Å². The van der Waals surface area contributed by atoms with Crippen LogP contribution in [-0.2, 0) is 4.84 Å². The molecule has 0 radical (unpaired) electrons. The van der Waals surface area contributed by atoms with Crippen molar-refractivity contribution >= 4 is 5.69 Å². The number of benzene rings is 1. The standard InChI is InChI=1S/C14H15NO/c1-11-6-8-12(9-7-11)15-13-4-2-3-5-14(10-13)16-15/h2-9,13-14H,10H2,1H3. The molecule has 2 aliphatic rings. The lowest BCUT2D eigenvalue weighted by Crippen LogP contribution is -2.26. The van der Waals surface area contributed by atoms with E-state index in [9.17, 15) is 0 Å². The summed E-state index contributed by atoms with van der Waals surface area (Å²) >= 11 is 0. The van der Waals surface area contributed by atoms with E-state index in [1.807, 2.05) is 5.06 Å². The van der Waals surface area contributed by atoms with Crippen LogP contribution in [-0.4, -0.2) is 12.1 Å². The van der Waals surface area contributed by atoms with Crippen molar-refractivity contribution in [3.05, 3.63) is 54.1 Å². The highest BCUT2D eigenvalue weighted by Crippen LogP contribution is 2.30. The average Bonchev–Trinajstić information content (AvgIpc) is 2.52. The Labute approximate surface area is 95.8 Å². The Hall–Kier alpha value is -1.54. The molecule has 0 spiro atoms. The Balaban J connectivity index is 1.89. The van der Waals surface area contributed by atoms with Crippen molar-refractivity contribution in [1.29, 1.82) is 0 Å². The molecule has 1 aliphatic heterocycles. The van der Waals surface area contributed by atoms with Crippen LogP contribution in [0.15, 0.2) is 48.6 Å². The molecule has 16 heavy (non-hydrogen) atoms. The molecule has 1 fully saturated rings. The fourth-order valence-corrected chi connectivity index (χ4v) is 2.20. The van der Waals surface area contributed by atoms with Crippen LogP contribution in [0.5, 0.6) is 0 Å². The Morgan fingerprint density at radius 2 is 1.88 bits per heavy atom. The average molecular weight is 213 g/mol. The number of aryl methyl sites for hydroxylation is 1. The summed E-state index contributed by atoms with van der Waals surface area (Å²) in [6.07, 6.45) is 9.75. The van der Waals surface area contributed by atoms with Gasteiger partial charge in [-0.15, -0.1) is 0 Å². The lowest BCUT2D eigenvalue weighted by Gasteiger charge is -2.23. The van der Waals surface area contributed by atoms with E-state index >= 15 is 0 Å². The third kappa shape index (κ3) is 1.65. The Morgan fingerprint density at radius 3 is 2.69 bits per heavy atom. The van der Waals surface area contributed by atoms with Gasteiger partial charge in [-0.05, 0) is 19.1 Å². The molecule has 1 aromatic rings. The van der Waals surface area contributed by atoms with Gasteiger partial charge in [0, 0.05) is 6.42 Å². The van der Waals surface area contributed by atoms with E-state index < -0.39 is 0 Å². The van der Waals surface area contributed by atoms with E-state index in [4.69, 9.17) is 4.84 Å². The molecule has 0 saturated carbocycles. The van der Waals surface area contributed by atoms with Crippen LogP contribution in [0, 0.1) is 6.92 Å². The minimum atomic E-state index is 0.223. The van der Waals surface area contributed by atoms with Gasteiger partial charge in [-0.3, -0.25) is 4.84 Å². The third-order valence-electron chi connectivity index (χ3n) is 3.08. The first kappa shape index (κ1) is 9.67. The second-order valence-corrected chi connectivity index (χ2v) is 4.38. The molecule has 3 rings (SSSR count). The summed E-state index contributed by atoms with van der Waals surface area (Å²) in [7, 11) is 0. The summed E-state index contributed by atoms with van der Waals surface area (Å²) in [6, 6.07) is 8.83. The number of hydrogen-bond acceptors (Lipinski definition) is 2.